The van der Waals surface area contributed by atoms with Gasteiger partial charge in [0.25, 0.3) is 5.91 Å². The molecule has 0 spiro atoms. The maximum Gasteiger partial charge on any atom is 0.315 e. The fourth-order valence-corrected chi connectivity index (χ4v) is 7.13. The Morgan fingerprint density at radius 2 is 1.55 bits per heavy atom. The van der Waals surface area contributed by atoms with E-state index in [9.17, 15) is 32.4 Å². The molecule has 2 fully saturated rings. The van der Waals surface area contributed by atoms with E-state index in [-0.39, 0.29) is 37.7 Å². The summed E-state index contributed by atoms with van der Waals surface area (Å²) in [4.78, 5) is 67.4. The highest BCUT2D eigenvalue weighted by atomic mass is 32.2. The smallest absolute Gasteiger partial charge is 0.315 e. The zero-order valence-corrected chi connectivity index (χ0v) is 28.7. The van der Waals surface area contributed by atoms with Crippen molar-refractivity contribution >= 4 is 39.6 Å². The number of rotatable bonds is 12. The molecule has 44 heavy (non-hydrogen) atoms. The molecule has 0 bridgehead atoms. The van der Waals surface area contributed by atoms with Crippen LogP contribution in [-0.2, 0) is 29.2 Å². The van der Waals surface area contributed by atoms with Gasteiger partial charge in [0.2, 0.25) is 27.6 Å². The average molecular weight is 643 g/mol. The summed E-state index contributed by atoms with van der Waals surface area (Å²) in [5.74, 6) is -2.59. The van der Waals surface area contributed by atoms with Crippen LogP contribution in [0, 0.1) is 16.7 Å². The number of carbonyl (C=O) groups is 5. The summed E-state index contributed by atoms with van der Waals surface area (Å²) in [6, 6.07) is -4.06. The van der Waals surface area contributed by atoms with Crippen molar-refractivity contribution in [1.82, 2.24) is 30.5 Å². The van der Waals surface area contributed by atoms with E-state index in [0.717, 1.165) is 0 Å². The third-order valence-corrected chi connectivity index (χ3v) is 10.3. The lowest BCUT2D eigenvalue weighted by molar-refractivity contribution is -0.144. The van der Waals surface area contributed by atoms with Gasteiger partial charge in [-0.1, -0.05) is 61.8 Å². The lowest BCUT2D eigenvalue weighted by Crippen LogP contribution is -2.62. The van der Waals surface area contributed by atoms with Crippen LogP contribution in [0.4, 0.5) is 4.79 Å². The van der Waals surface area contributed by atoms with Crippen LogP contribution in [0.15, 0.2) is 0 Å². The van der Waals surface area contributed by atoms with Crippen LogP contribution in [0.3, 0.4) is 0 Å². The highest BCUT2D eigenvalue weighted by Gasteiger charge is 2.46. The molecule has 2 aliphatic heterocycles. The van der Waals surface area contributed by atoms with E-state index in [2.05, 4.69) is 21.3 Å². The van der Waals surface area contributed by atoms with E-state index in [4.69, 9.17) is 0 Å². The molecule has 5 amide bonds. The summed E-state index contributed by atoms with van der Waals surface area (Å²) in [7, 11) is -3.37. The van der Waals surface area contributed by atoms with Gasteiger partial charge in [0.15, 0.2) is 0 Å². The summed E-state index contributed by atoms with van der Waals surface area (Å²) >= 11 is 0. The highest BCUT2D eigenvalue weighted by molar-refractivity contribution is 7.89. The first-order valence-electron chi connectivity index (χ1n) is 15.7. The SMILES string of the molecule is CCCC(NC(=O)[C@@H]1[C@@H](C)CCN1C(=O)[C@@H](NC(=O)N[C@H](CN1CCCS1(=O)=O)C(C)(C)C)C(C)(C)C)C(=O)C(=O)NCC. The molecular weight excluding hydrogens is 588 g/mol. The molecule has 2 rings (SSSR count). The normalized spacial score (nSPS) is 22.5. The Kier molecular flexibility index (Phi) is 12.8. The molecule has 0 aliphatic carbocycles. The predicted octanol–water partition coefficient (Wildman–Crippen LogP) is 1.38. The molecule has 2 heterocycles. The molecule has 252 valence electrons. The minimum atomic E-state index is -3.37. The first-order valence-corrected chi connectivity index (χ1v) is 17.3. The Bertz CT molecular complexity index is 1180. The van der Waals surface area contributed by atoms with E-state index in [0.29, 0.717) is 25.8 Å². The van der Waals surface area contributed by atoms with Gasteiger partial charge in [0.1, 0.15) is 12.1 Å². The summed E-state index contributed by atoms with van der Waals surface area (Å²) in [6.07, 6.45) is 1.92. The topological polar surface area (TPSA) is 174 Å². The van der Waals surface area contributed by atoms with Gasteiger partial charge in [-0.3, -0.25) is 19.2 Å². The summed E-state index contributed by atoms with van der Waals surface area (Å²) in [5.41, 5.74) is -1.22. The van der Waals surface area contributed by atoms with Crippen molar-refractivity contribution in [2.75, 3.05) is 31.9 Å². The van der Waals surface area contributed by atoms with Gasteiger partial charge in [-0.15, -0.1) is 0 Å². The lowest BCUT2D eigenvalue weighted by Gasteiger charge is -2.38. The van der Waals surface area contributed by atoms with Crippen molar-refractivity contribution in [1.29, 1.82) is 0 Å². The molecule has 2 aliphatic rings. The number of hydrogen-bond donors (Lipinski definition) is 4. The highest BCUT2D eigenvalue weighted by Crippen LogP contribution is 2.29. The first-order chi connectivity index (χ1) is 20.2. The minimum Gasteiger partial charge on any atom is -0.350 e. The molecule has 2 saturated heterocycles. The van der Waals surface area contributed by atoms with Crippen LogP contribution >= 0.6 is 0 Å². The van der Waals surface area contributed by atoms with Crippen LogP contribution in [0.5, 0.6) is 0 Å². The van der Waals surface area contributed by atoms with Gasteiger partial charge >= 0.3 is 6.03 Å². The number of ketones is 1. The van der Waals surface area contributed by atoms with Crippen molar-refractivity contribution in [2.24, 2.45) is 16.7 Å². The molecule has 0 aromatic carbocycles. The van der Waals surface area contributed by atoms with Crippen LogP contribution in [0.2, 0.25) is 0 Å². The molecule has 13 nitrogen and oxygen atoms in total. The van der Waals surface area contributed by atoms with Gasteiger partial charge in [0, 0.05) is 32.2 Å². The van der Waals surface area contributed by atoms with E-state index in [1.54, 1.807) is 6.92 Å². The maximum atomic E-state index is 14.1. The maximum absolute atomic E-state index is 14.1. The predicted molar refractivity (Wildman–Crippen MR) is 168 cm³/mol. The number of likely N-dealkylation sites (tertiary alicyclic amines) is 1. The van der Waals surface area contributed by atoms with Crippen molar-refractivity contribution in [3.05, 3.63) is 0 Å². The Morgan fingerprint density at radius 1 is 0.909 bits per heavy atom. The third-order valence-electron chi connectivity index (χ3n) is 8.35. The van der Waals surface area contributed by atoms with Crippen molar-refractivity contribution in [2.45, 2.75) is 112 Å². The lowest BCUT2D eigenvalue weighted by atomic mass is 9.85. The molecule has 4 N–H and O–H groups in total. The number of likely N-dealkylation sites (N-methyl/N-ethyl adjacent to an activating group) is 1. The minimum absolute atomic E-state index is 0.0823. The molecule has 0 aromatic heterocycles. The summed E-state index contributed by atoms with van der Waals surface area (Å²) < 4.78 is 26.3. The van der Waals surface area contributed by atoms with Gasteiger partial charge in [-0.2, -0.15) is 4.31 Å². The van der Waals surface area contributed by atoms with Crippen molar-refractivity contribution in [3.8, 4) is 0 Å². The number of nitrogens with one attached hydrogen (secondary N) is 4. The number of urea groups is 1. The van der Waals surface area contributed by atoms with Gasteiger partial charge in [-0.25, -0.2) is 13.2 Å². The fourth-order valence-electron chi connectivity index (χ4n) is 5.60. The quantitative estimate of drug-likeness (QED) is 0.233. The molecule has 5 atom stereocenters. The molecule has 14 heteroatoms. The Morgan fingerprint density at radius 3 is 2.05 bits per heavy atom. The number of amides is 5. The van der Waals surface area contributed by atoms with Crippen LogP contribution in [-0.4, -0.2) is 103 Å². The van der Waals surface area contributed by atoms with Gasteiger partial charge < -0.3 is 26.2 Å². The van der Waals surface area contributed by atoms with Crippen LogP contribution in [0.25, 0.3) is 0 Å². The number of nitrogens with zero attached hydrogens (tertiary/aromatic N) is 2. The summed E-state index contributed by atoms with van der Waals surface area (Å²) in [6.45, 7) is 17.6. The van der Waals surface area contributed by atoms with E-state index >= 15 is 0 Å². The molecular formula is C30H54N6O7S. The number of carbonyl (C=O) groups excluding carboxylic acids is 5. The number of hydrogen-bond acceptors (Lipinski definition) is 7. The Balaban J connectivity index is 2.24. The second-order valence-electron chi connectivity index (χ2n) is 14.2. The first kappa shape index (κ1) is 37.4. The summed E-state index contributed by atoms with van der Waals surface area (Å²) in [5, 5.41) is 10.9. The number of Topliss-reactive ketones (excluding diaryl/α,β-unsaturated/α-hetero) is 1. The standard InChI is InChI=1S/C30H54N6O7S/c1-10-13-20(23(37)26(39)31-11-2)32-25(38)22-19(3)14-16-36(22)27(40)24(30(7,8)9)34-28(41)33-21(29(4,5)6)18-35-15-12-17-44(35,42)43/h19-22,24H,10-18H2,1-9H3,(H,31,39)(H,32,38)(H2,33,34,41)/t19-,20?,21+,22-,24+/m0/s1. The van der Waals surface area contributed by atoms with Gasteiger partial charge in [-0.05, 0) is 42.9 Å². The largest absolute Gasteiger partial charge is 0.350 e. The third kappa shape index (κ3) is 9.63. The van der Waals surface area contributed by atoms with Crippen LogP contribution in [0.1, 0.15) is 88.0 Å². The zero-order chi connectivity index (χ0) is 33.6. The Hall–Kier alpha value is -2.74. The molecule has 0 radical (unpaired) electrons. The second kappa shape index (κ2) is 15.0. The molecule has 0 aromatic rings. The second-order valence-corrected chi connectivity index (χ2v) is 16.3. The van der Waals surface area contributed by atoms with Gasteiger partial charge in [0.05, 0.1) is 11.8 Å². The van der Waals surface area contributed by atoms with E-state index < -0.39 is 74.6 Å². The molecule has 0 saturated carbocycles. The fraction of sp³-hybridized carbons (Fsp3) is 0.833. The molecule has 1 unspecified atom stereocenters. The van der Waals surface area contributed by atoms with Crippen LogP contribution < -0.4 is 21.3 Å². The monoisotopic (exact) mass is 642 g/mol. The van der Waals surface area contributed by atoms with Crippen molar-refractivity contribution in [3.63, 3.8) is 0 Å². The Labute approximate surface area is 263 Å². The van der Waals surface area contributed by atoms with Crippen molar-refractivity contribution < 1.29 is 32.4 Å². The van der Waals surface area contributed by atoms with E-state index in [1.807, 2.05) is 55.4 Å². The number of sulfonamides is 1. The zero-order valence-electron chi connectivity index (χ0n) is 27.9. The van der Waals surface area contributed by atoms with E-state index in [1.165, 1.54) is 9.21 Å². The average Bonchev–Trinajstić information content (AvgIpc) is 3.45.